The third-order valence-corrected chi connectivity index (χ3v) is 6.70. The number of methoxy groups -OCH3 is 1. The number of piperidine rings is 1. The van der Waals surface area contributed by atoms with Gasteiger partial charge in [-0.2, -0.15) is 0 Å². The summed E-state index contributed by atoms with van der Waals surface area (Å²) in [5.41, 5.74) is 3.59. The molecule has 0 aromatic heterocycles. The number of amidine groups is 1. The Labute approximate surface area is 220 Å². The first-order valence-corrected chi connectivity index (χ1v) is 13.2. The largest absolute Gasteiger partial charge is 0.467 e. The van der Waals surface area contributed by atoms with Crippen LogP contribution in [0.2, 0.25) is 0 Å². The maximum atomic E-state index is 13.5. The van der Waals surface area contributed by atoms with Crippen LogP contribution in [0.4, 0.5) is 4.79 Å². The Kier molecular flexibility index (Phi) is 10.8. The number of carbonyl (C=O) groups is 4. The molecule has 3 amide bonds. The van der Waals surface area contributed by atoms with Crippen LogP contribution in [0.15, 0.2) is 4.99 Å². The molecule has 2 fully saturated rings. The van der Waals surface area contributed by atoms with Crippen molar-refractivity contribution in [3.8, 4) is 0 Å². The Balaban J connectivity index is 2.07. The monoisotopic (exact) mass is 523 g/mol. The number of esters is 1. The summed E-state index contributed by atoms with van der Waals surface area (Å²) >= 11 is 0. The molecule has 2 aliphatic rings. The molecule has 4 N–H and O–H groups in total. The zero-order valence-corrected chi connectivity index (χ0v) is 23.2. The Morgan fingerprint density at radius 2 is 1.78 bits per heavy atom. The highest BCUT2D eigenvalue weighted by Crippen LogP contribution is 2.35. The SMILES string of the molecule is COC(=O)C1(NC(=O)OC(C)(C)C)CCN(C(=O)[C@@H](CCCN=C(C)N)NC(=O)[C@H](C)CC2CC2)CC1. The molecule has 11 nitrogen and oxygen atoms in total. The second-order valence-electron chi connectivity index (χ2n) is 11.3. The first kappa shape index (κ1) is 30.4. The van der Waals surface area contributed by atoms with Crippen molar-refractivity contribution >= 4 is 29.7 Å². The average molecular weight is 524 g/mol. The van der Waals surface area contributed by atoms with Gasteiger partial charge in [-0.25, -0.2) is 9.59 Å². The molecule has 0 bridgehead atoms. The van der Waals surface area contributed by atoms with Gasteiger partial charge in [0.05, 0.1) is 12.9 Å². The topological polar surface area (TPSA) is 152 Å². The van der Waals surface area contributed by atoms with E-state index < -0.39 is 29.2 Å². The molecular weight excluding hydrogens is 478 g/mol. The Morgan fingerprint density at radius 1 is 1.16 bits per heavy atom. The molecule has 0 radical (unpaired) electrons. The Bertz CT molecular complexity index is 852. The van der Waals surface area contributed by atoms with Gasteiger partial charge in [-0.15, -0.1) is 0 Å². The Morgan fingerprint density at radius 3 is 2.30 bits per heavy atom. The molecule has 0 spiro atoms. The highest BCUT2D eigenvalue weighted by atomic mass is 16.6. The van der Waals surface area contributed by atoms with Crippen LogP contribution in [0.3, 0.4) is 0 Å². The molecule has 11 heteroatoms. The molecule has 1 saturated carbocycles. The summed E-state index contributed by atoms with van der Waals surface area (Å²) in [5, 5.41) is 5.64. The third-order valence-electron chi connectivity index (χ3n) is 6.70. The van der Waals surface area contributed by atoms with Crippen molar-refractivity contribution < 1.29 is 28.7 Å². The minimum atomic E-state index is -1.29. The van der Waals surface area contributed by atoms with Crippen LogP contribution in [0, 0.1) is 11.8 Å². The standard InChI is InChI=1S/C26H45N5O6/c1-17(16-19-9-10-19)21(32)29-20(8-7-13-28-18(2)27)22(33)31-14-11-26(12-15-31,23(34)36-6)30-24(35)37-25(3,4)5/h17,19-20H,7-16H2,1-6H3,(H2,27,28)(H,29,32)(H,30,35)/t17-,20-/m1/s1. The lowest BCUT2D eigenvalue weighted by Crippen LogP contribution is -2.62. The minimum Gasteiger partial charge on any atom is -0.467 e. The zero-order chi connectivity index (χ0) is 27.8. The molecule has 0 aromatic carbocycles. The van der Waals surface area contributed by atoms with Gasteiger partial charge in [0.1, 0.15) is 17.2 Å². The van der Waals surface area contributed by atoms with Crippen LogP contribution in [0.1, 0.15) is 79.6 Å². The van der Waals surface area contributed by atoms with Gasteiger partial charge in [-0.05, 0) is 65.7 Å². The van der Waals surface area contributed by atoms with Crippen molar-refractivity contribution in [1.82, 2.24) is 15.5 Å². The first-order valence-electron chi connectivity index (χ1n) is 13.2. The number of nitrogens with zero attached hydrogens (tertiary/aromatic N) is 2. The Hall–Kier alpha value is -2.85. The van der Waals surface area contributed by atoms with Gasteiger partial charge in [-0.1, -0.05) is 19.8 Å². The summed E-state index contributed by atoms with van der Waals surface area (Å²) in [6.07, 6.45) is 3.76. The number of amides is 3. The summed E-state index contributed by atoms with van der Waals surface area (Å²) in [7, 11) is 1.26. The second-order valence-corrected chi connectivity index (χ2v) is 11.3. The van der Waals surface area contributed by atoms with E-state index in [9.17, 15) is 19.2 Å². The van der Waals surface area contributed by atoms with Crippen LogP contribution < -0.4 is 16.4 Å². The van der Waals surface area contributed by atoms with E-state index in [2.05, 4.69) is 15.6 Å². The number of hydrogen-bond donors (Lipinski definition) is 3. The molecule has 2 rings (SSSR count). The van der Waals surface area contributed by atoms with Crippen molar-refractivity contribution in [3.63, 3.8) is 0 Å². The van der Waals surface area contributed by atoms with E-state index in [1.807, 2.05) is 6.92 Å². The van der Waals surface area contributed by atoms with Crippen molar-refractivity contribution in [2.75, 3.05) is 26.7 Å². The van der Waals surface area contributed by atoms with E-state index in [0.717, 1.165) is 19.3 Å². The van der Waals surface area contributed by atoms with Crippen LogP contribution in [-0.4, -0.2) is 78.5 Å². The van der Waals surface area contributed by atoms with Crippen LogP contribution >= 0.6 is 0 Å². The van der Waals surface area contributed by atoms with Crippen LogP contribution in [0.25, 0.3) is 0 Å². The fourth-order valence-electron chi connectivity index (χ4n) is 4.49. The maximum Gasteiger partial charge on any atom is 0.408 e. The summed E-state index contributed by atoms with van der Waals surface area (Å²) in [6, 6.07) is -0.702. The van der Waals surface area contributed by atoms with Crippen LogP contribution in [-0.2, 0) is 23.9 Å². The summed E-state index contributed by atoms with van der Waals surface area (Å²) < 4.78 is 10.3. The predicted octanol–water partition coefficient (Wildman–Crippen LogP) is 2.12. The fourth-order valence-corrected chi connectivity index (χ4v) is 4.49. The van der Waals surface area contributed by atoms with Crippen molar-refractivity contribution in [2.45, 2.75) is 96.7 Å². The number of carbonyl (C=O) groups excluding carboxylic acids is 4. The number of likely N-dealkylation sites (tertiary alicyclic amines) is 1. The second kappa shape index (κ2) is 13.1. The van der Waals surface area contributed by atoms with E-state index in [0.29, 0.717) is 31.1 Å². The van der Waals surface area contributed by atoms with Gasteiger partial charge in [0.2, 0.25) is 11.8 Å². The molecule has 37 heavy (non-hydrogen) atoms. The number of nitrogens with one attached hydrogen (secondary N) is 2. The van der Waals surface area contributed by atoms with Gasteiger partial charge in [0.25, 0.3) is 0 Å². The quantitative estimate of drug-likeness (QED) is 0.162. The highest BCUT2D eigenvalue weighted by Gasteiger charge is 2.46. The smallest absolute Gasteiger partial charge is 0.408 e. The molecule has 1 aliphatic carbocycles. The highest BCUT2D eigenvalue weighted by molar-refractivity contribution is 5.89. The molecule has 1 heterocycles. The van der Waals surface area contributed by atoms with Gasteiger partial charge in [0.15, 0.2) is 0 Å². The van der Waals surface area contributed by atoms with Crippen molar-refractivity contribution in [1.29, 1.82) is 0 Å². The maximum absolute atomic E-state index is 13.5. The summed E-state index contributed by atoms with van der Waals surface area (Å²) in [6.45, 7) is 9.70. The van der Waals surface area contributed by atoms with E-state index in [1.54, 1.807) is 32.6 Å². The van der Waals surface area contributed by atoms with Crippen LogP contribution in [0.5, 0.6) is 0 Å². The third kappa shape index (κ3) is 9.85. The number of ether oxygens (including phenoxy) is 2. The number of hydrogen-bond acceptors (Lipinski definition) is 7. The first-order chi connectivity index (χ1) is 17.3. The number of nitrogens with two attached hydrogens (primary N) is 1. The van der Waals surface area contributed by atoms with Crippen molar-refractivity contribution in [2.24, 2.45) is 22.6 Å². The fraction of sp³-hybridized carbons (Fsp3) is 0.808. The molecule has 1 aliphatic heterocycles. The summed E-state index contributed by atoms with van der Waals surface area (Å²) in [5.74, 6) is -0.0227. The molecule has 210 valence electrons. The van der Waals surface area contributed by atoms with Gasteiger partial charge in [0, 0.05) is 25.6 Å². The van der Waals surface area contributed by atoms with Gasteiger partial charge >= 0.3 is 12.1 Å². The van der Waals surface area contributed by atoms with Gasteiger partial charge in [-0.3, -0.25) is 14.6 Å². The predicted molar refractivity (Wildman–Crippen MR) is 140 cm³/mol. The molecule has 1 saturated heterocycles. The van der Waals surface area contributed by atoms with Gasteiger partial charge < -0.3 is 30.7 Å². The zero-order valence-electron chi connectivity index (χ0n) is 23.2. The molecule has 0 aromatic rings. The minimum absolute atomic E-state index is 0.128. The lowest BCUT2D eigenvalue weighted by Gasteiger charge is -2.41. The lowest BCUT2D eigenvalue weighted by atomic mass is 9.87. The molecular formula is C26H45N5O6. The number of aliphatic imine (C=N–C) groups is 1. The van der Waals surface area contributed by atoms with E-state index in [4.69, 9.17) is 15.2 Å². The summed E-state index contributed by atoms with van der Waals surface area (Å²) in [4.78, 5) is 57.3. The van der Waals surface area contributed by atoms with E-state index in [1.165, 1.54) is 7.11 Å². The molecule has 2 atom stereocenters. The van der Waals surface area contributed by atoms with E-state index >= 15 is 0 Å². The van der Waals surface area contributed by atoms with Crippen molar-refractivity contribution in [3.05, 3.63) is 0 Å². The average Bonchev–Trinajstić information content (AvgIpc) is 3.62. The number of alkyl carbamates (subject to hydrolysis) is 1. The van der Waals surface area contributed by atoms with E-state index in [-0.39, 0.29) is 43.7 Å². The number of rotatable bonds is 11. The normalized spacial score (nSPS) is 19.4. The lowest BCUT2D eigenvalue weighted by molar-refractivity contribution is -0.153. The molecule has 0 unspecified atom stereocenters.